The number of para-hydroxylation sites is 1. The molecule has 3 amide bonds. The lowest BCUT2D eigenvalue weighted by Gasteiger charge is -2.31. The van der Waals surface area contributed by atoms with Crippen molar-refractivity contribution >= 4 is 69.5 Å². The van der Waals surface area contributed by atoms with Crippen LogP contribution < -0.4 is 20.0 Å². The van der Waals surface area contributed by atoms with E-state index in [0.717, 1.165) is 58.9 Å². The molecule has 14 heteroatoms. The first-order valence-corrected chi connectivity index (χ1v) is 16.8. The number of amides is 3. The molecule has 2 aliphatic heterocycles. The van der Waals surface area contributed by atoms with Crippen molar-refractivity contribution in [3.05, 3.63) is 103 Å². The normalized spacial score (nSPS) is 19.0. The second kappa shape index (κ2) is 12.9. The zero-order valence-corrected chi connectivity index (χ0v) is 27.5. The van der Waals surface area contributed by atoms with Gasteiger partial charge in [-0.05, 0) is 67.9 Å². The van der Waals surface area contributed by atoms with Crippen molar-refractivity contribution in [3.63, 3.8) is 0 Å². The summed E-state index contributed by atoms with van der Waals surface area (Å²) in [5.41, 5.74) is 0.595. The van der Waals surface area contributed by atoms with Crippen LogP contribution in [0.4, 0.5) is 30.2 Å². The molecule has 3 heterocycles. The van der Waals surface area contributed by atoms with Gasteiger partial charge >= 0.3 is 11.0 Å². The molecule has 1 fully saturated rings. The van der Waals surface area contributed by atoms with Crippen molar-refractivity contribution in [1.82, 2.24) is 4.57 Å². The molecule has 3 atom stereocenters. The molecule has 47 heavy (non-hydrogen) atoms. The number of imide groups is 1. The molecule has 8 nitrogen and oxygen atoms in total. The number of hydrogen-bond acceptors (Lipinski definition) is 7. The Hall–Kier alpha value is -4.07. The van der Waals surface area contributed by atoms with Gasteiger partial charge in [-0.25, -0.2) is 4.90 Å². The summed E-state index contributed by atoms with van der Waals surface area (Å²) in [6.45, 7) is 5.07. The van der Waals surface area contributed by atoms with Crippen LogP contribution in [-0.4, -0.2) is 40.6 Å². The highest BCUT2D eigenvalue weighted by molar-refractivity contribution is 8.00. The van der Waals surface area contributed by atoms with Gasteiger partial charge in [-0.3, -0.25) is 23.7 Å². The van der Waals surface area contributed by atoms with E-state index in [1.54, 1.807) is 24.3 Å². The third-order valence-corrected chi connectivity index (χ3v) is 11.2. The van der Waals surface area contributed by atoms with Crippen LogP contribution in [0.1, 0.15) is 35.8 Å². The number of nitrogens with zero attached hydrogens (tertiary/aromatic N) is 3. The van der Waals surface area contributed by atoms with Gasteiger partial charge in [0, 0.05) is 34.6 Å². The summed E-state index contributed by atoms with van der Waals surface area (Å²) >= 11 is 7.95. The lowest BCUT2D eigenvalue weighted by atomic mass is 9.83. The number of nitrogens with one attached hydrogen (secondary N) is 1. The fourth-order valence-electron chi connectivity index (χ4n) is 6.11. The molecule has 0 aliphatic carbocycles. The molecule has 0 radical (unpaired) electrons. The average molecular weight is 701 g/mol. The van der Waals surface area contributed by atoms with Gasteiger partial charge < -0.3 is 10.2 Å². The van der Waals surface area contributed by atoms with Crippen LogP contribution >= 0.6 is 34.7 Å². The fourth-order valence-corrected chi connectivity index (χ4v) is 9.01. The first-order chi connectivity index (χ1) is 22.4. The molecule has 0 spiro atoms. The monoisotopic (exact) mass is 700 g/mol. The second-order valence-corrected chi connectivity index (χ2v) is 13.6. The van der Waals surface area contributed by atoms with E-state index in [1.807, 2.05) is 38.1 Å². The van der Waals surface area contributed by atoms with Crippen LogP contribution in [0.15, 0.2) is 82.6 Å². The van der Waals surface area contributed by atoms with E-state index in [4.69, 9.17) is 11.6 Å². The number of hydrogen-bond donors (Lipinski definition) is 1. The predicted octanol–water partition coefficient (Wildman–Crippen LogP) is 6.86. The van der Waals surface area contributed by atoms with Crippen LogP contribution in [-0.2, 0) is 27.1 Å². The summed E-state index contributed by atoms with van der Waals surface area (Å²) in [7, 11) is 0. The summed E-state index contributed by atoms with van der Waals surface area (Å²) in [5, 5.41) is 2.13. The number of fused-ring (bicyclic) bond motifs is 2. The van der Waals surface area contributed by atoms with E-state index >= 15 is 0 Å². The van der Waals surface area contributed by atoms with Crippen LogP contribution in [0.3, 0.4) is 0 Å². The maximum Gasteiger partial charge on any atom is 0.418 e. The number of benzene rings is 3. The second-order valence-electron chi connectivity index (χ2n) is 11.0. The minimum absolute atomic E-state index is 0.331. The highest BCUT2D eigenvalue weighted by Gasteiger charge is 2.56. The van der Waals surface area contributed by atoms with Gasteiger partial charge in [-0.15, -0.1) is 0 Å². The number of rotatable bonds is 8. The maximum absolute atomic E-state index is 14.1. The quantitative estimate of drug-likeness (QED) is 0.202. The molecule has 3 aromatic carbocycles. The fraction of sp³-hybridized carbons (Fsp3) is 0.273. The number of carbonyl (C=O) groups excluding carboxylic acids is 3. The summed E-state index contributed by atoms with van der Waals surface area (Å²) in [4.78, 5) is 57.9. The van der Waals surface area contributed by atoms with Crippen molar-refractivity contribution in [3.8, 4) is 0 Å². The Morgan fingerprint density at radius 1 is 0.936 bits per heavy atom. The van der Waals surface area contributed by atoms with Crippen LogP contribution in [0.2, 0.25) is 5.02 Å². The number of anilines is 3. The number of thiazole rings is 1. The third kappa shape index (κ3) is 6.07. The van der Waals surface area contributed by atoms with Gasteiger partial charge in [0.15, 0.2) is 0 Å². The number of thioether (sulfide) groups is 1. The Morgan fingerprint density at radius 3 is 2.23 bits per heavy atom. The van der Waals surface area contributed by atoms with Gasteiger partial charge in [0.05, 0.1) is 27.9 Å². The minimum Gasteiger partial charge on any atom is -0.372 e. The van der Waals surface area contributed by atoms with Crippen LogP contribution in [0.5, 0.6) is 0 Å². The summed E-state index contributed by atoms with van der Waals surface area (Å²) < 4.78 is 41.9. The predicted molar refractivity (Wildman–Crippen MR) is 178 cm³/mol. The molecule has 1 aromatic heterocycles. The van der Waals surface area contributed by atoms with Crippen LogP contribution in [0.25, 0.3) is 0 Å². The van der Waals surface area contributed by atoms with Crippen molar-refractivity contribution < 1.29 is 27.6 Å². The number of aromatic nitrogens is 1. The molecular formula is C33H28ClF3N4O4S2. The molecule has 0 saturated carbocycles. The van der Waals surface area contributed by atoms with E-state index in [-0.39, 0.29) is 0 Å². The van der Waals surface area contributed by atoms with Gasteiger partial charge in [0.1, 0.15) is 11.8 Å². The lowest BCUT2D eigenvalue weighted by molar-refractivity contribution is -0.137. The minimum atomic E-state index is -4.70. The Labute approximate surface area is 281 Å². The van der Waals surface area contributed by atoms with E-state index in [9.17, 15) is 32.3 Å². The summed E-state index contributed by atoms with van der Waals surface area (Å²) in [6, 6.07) is 18.5. The molecule has 1 N–H and O–H groups in total. The zero-order valence-electron chi connectivity index (χ0n) is 25.1. The largest absolute Gasteiger partial charge is 0.418 e. The molecule has 244 valence electrons. The van der Waals surface area contributed by atoms with Crippen molar-refractivity contribution in [2.45, 2.75) is 42.8 Å². The molecule has 6 rings (SSSR count). The Bertz CT molecular complexity index is 1910. The SMILES string of the molecule is CCN(CC)c1ccc([C@@H]2c3sc(=O)n(CC(=O)Nc4ccccc4C(F)(F)F)c3S[C@H]3C(=O)N(c4ccc(Cl)cc4)C(=O)[C@@H]23)cc1. The van der Waals surface area contributed by atoms with Crippen molar-refractivity contribution in [2.24, 2.45) is 5.92 Å². The van der Waals surface area contributed by atoms with Crippen molar-refractivity contribution in [2.75, 3.05) is 28.2 Å². The first-order valence-electron chi connectivity index (χ1n) is 14.8. The molecule has 1 saturated heterocycles. The summed E-state index contributed by atoms with van der Waals surface area (Å²) in [5.74, 6) is -3.29. The molecular weight excluding hydrogens is 673 g/mol. The Morgan fingerprint density at radius 2 is 1.60 bits per heavy atom. The molecule has 0 bridgehead atoms. The highest BCUT2D eigenvalue weighted by Crippen LogP contribution is 2.54. The topological polar surface area (TPSA) is 91.7 Å². The third-order valence-electron chi connectivity index (χ3n) is 8.32. The number of carbonyl (C=O) groups is 3. The van der Waals surface area contributed by atoms with Crippen LogP contribution in [0, 0.1) is 5.92 Å². The zero-order chi connectivity index (χ0) is 33.6. The first kappa shape index (κ1) is 32.9. The number of halogens is 4. The maximum atomic E-state index is 14.1. The molecule has 0 unspecified atom stereocenters. The number of alkyl halides is 3. The average Bonchev–Trinajstić information content (AvgIpc) is 3.48. The Balaban J connectivity index is 1.40. The molecule has 4 aromatic rings. The van der Waals surface area contributed by atoms with E-state index < -0.39 is 63.7 Å². The molecule has 2 aliphatic rings. The van der Waals surface area contributed by atoms with Crippen molar-refractivity contribution in [1.29, 1.82) is 0 Å². The van der Waals surface area contributed by atoms with E-state index in [1.165, 1.54) is 16.7 Å². The lowest BCUT2D eigenvalue weighted by Crippen LogP contribution is -2.33. The van der Waals surface area contributed by atoms with Gasteiger partial charge in [-0.1, -0.05) is 59.0 Å². The van der Waals surface area contributed by atoms with E-state index in [0.29, 0.717) is 26.2 Å². The van der Waals surface area contributed by atoms with E-state index in [2.05, 4.69) is 10.2 Å². The van der Waals surface area contributed by atoms with Gasteiger partial charge in [0.2, 0.25) is 17.7 Å². The van der Waals surface area contributed by atoms with Gasteiger partial charge in [-0.2, -0.15) is 13.2 Å². The highest BCUT2D eigenvalue weighted by atomic mass is 35.5. The Kier molecular flexibility index (Phi) is 8.98. The standard InChI is InChI=1S/C33H28ClF3N4O4S2/c1-3-39(4-2)20-13-9-18(10-14-20)25-26-27(30(44)41(29(26)43)21-15-11-19(34)12-16-21)46-31-28(25)47-32(45)40(31)17-24(42)38-23-8-6-5-7-22(23)33(35,36)37/h5-16,25-27H,3-4,17H2,1-2H3,(H,38,42)/t25-,26-,27+/m0/s1. The summed E-state index contributed by atoms with van der Waals surface area (Å²) in [6.07, 6.45) is -4.70. The van der Waals surface area contributed by atoms with Gasteiger partial charge in [0.25, 0.3) is 0 Å². The smallest absolute Gasteiger partial charge is 0.372 e.